The summed E-state index contributed by atoms with van der Waals surface area (Å²) in [5, 5.41) is 25.7. The van der Waals surface area contributed by atoms with Gasteiger partial charge in [-0.2, -0.15) is 0 Å². The zero-order chi connectivity index (χ0) is 24.8. The van der Waals surface area contributed by atoms with Gasteiger partial charge in [0.2, 0.25) is 5.91 Å². The highest BCUT2D eigenvalue weighted by Gasteiger charge is 2.59. The largest absolute Gasteiger partial charge is 0.396 e. The Morgan fingerprint density at radius 3 is 2.60 bits per heavy atom. The fourth-order valence-electron chi connectivity index (χ4n) is 6.91. The number of anilines is 2. The molecule has 7 heteroatoms. The maximum atomic E-state index is 13.6. The Balaban J connectivity index is 1.50. The van der Waals surface area contributed by atoms with Crippen molar-refractivity contribution in [1.29, 1.82) is 0 Å². The van der Waals surface area contributed by atoms with Gasteiger partial charge in [-0.25, -0.2) is 4.98 Å². The molecule has 2 fully saturated rings. The quantitative estimate of drug-likeness (QED) is 0.544. The molecule has 0 bridgehead atoms. The molecule has 6 nitrogen and oxygen atoms in total. The fourth-order valence-corrected chi connectivity index (χ4v) is 7.99. The Morgan fingerprint density at radius 2 is 1.91 bits per heavy atom. The highest BCUT2D eigenvalue weighted by molar-refractivity contribution is 7.15. The van der Waals surface area contributed by atoms with E-state index in [0.717, 1.165) is 55.3 Å². The van der Waals surface area contributed by atoms with Gasteiger partial charge in [0.25, 0.3) is 0 Å². The lowest BCUT2D eigenvalue weighted by atomic mass is 9.47. The van der Waals surface area contributed by atoms with Crippen molar-refractivity contribution in [2.45, 2.75) is 71.3 Å². The molecule has 5 rings (SSSR count). The molecule has 190 valence electrons. The molecular weight excluding hydrogens is 458 g/mol. The number of piperidine rings is 1. The number of carbonyl (C=O) groups excluding carboxylic acids is 1. The minimum Gasteiger partial charge on any atom is -0.396 e. The standard InChI is InChI=1S/C28H39N3O3S/c1-18-10-13-31(14-11-18)24(34)15-20-25-21(35-26(30-25)29-19-7-5-4-6-8-19)16-22-27(20,2)12-9-23(33)28(22,3)17-32/h4-8,18,20,22-23,32-33H,9-17H2,1-3H3,(H,29,30). The number of para-hydroxylation sites is 1. The lowest BCUT2D eigenvalue weighted by molar-refractivity contribution is -0.147. The van der Waals surface area contributed by atoms with Gasteiger partial charge in [0.1, 0.15) is 0 Å². The molecule has 0 radical (unpaired) electrons. The highest BCUT2D eigenvalue weighted by Crippen LogP contribution is 2.63. The second-order valence-corrected chi connectivity index (χ2v) is 12.7. The van der Waals surface area contributed by atoms with Crippen LogP contribution >= 0.6 is 11.3 Å². The average molecular weight is 498 g/mol. The number of amides is 1. The van der Waals surface area contributed by atoms with Crippen molar-refractivity contribution >= 4 is 28.1 Å². The topological polar surface area (TPSA) is 85.7 Å². The number of nitrogens with zero attached hydrogens (tertiary/aromatic N) is 2. The van der Waals surface area contributed by atoms with Crippen LogP contribution in [0.3, 0.4) is 0 Å². The highest BCUT2D eigenvalue weighted by atomic mass is 32.1. The monoisotopic (exact) mass is 497 g/mol. The number of benzene rings is 1. The van der Waals surface area contributed by atoms with Gasteiger partial charge in [0.05, 0.1) is 18.4 Å². The first kappa shape index (κ1) is 24.7. The molecule has 2 aromatic rings. The summed E-state index contributed by atoms with van der Waals surface area (Å²) >= 11 is 1.65. The van der Waals surface area contributed by atoms with Crippen molar-refractivity contribution in [2.75, 3.05) is 25.0 Å². The lowest BCUT2D eigenvalue weighted by Gasteiger charge is -2.58. The molecule has 1 aromatic heterocycles. The number of aliphatic hydroxyl groups excluding tert-OH is 2. The third kappa shape index (κ3) is 4.40. The molecule has 1 amide bonds. The van der Waals surface area contributed by atoms with Crippen molar-refractivity contribution in [3.05, 3.63) is 40.9 Å². The molecule has 2 heterocycles. The van der Waals surface area contributed by atoms with E-state index in [1.165, 1.54) is 4.88 Å². The number of thiazole rings is 1. The number of aliphatic hydroxyl groups is 2. The van der Waals surface area contributed by atoms with E-state index >= 15 is 0 Å². The van der Waals surface area contributed by atoms with Gasteiger partial charge in [-0.1, -0.05) is 39.0 Å². The zero-order valence-corrected chi connectivity index (χ0v) is 22.0. The van der Waals surface area contributed by atoms with E-state index in [4.69, 9.17) is 4.98 Å². The Bertz CT molecular complexity index is 1050. The molecule has 5 unspecified atom stereocenters. The number of nitrogens with one attached hydrogen (secondary N) is 1. The number of fused-ring (bicyclic) bond motifs is 2. The zero-order valence-electron chi connectivity index (χ0n) is 21.2. The molecule has 1 aromatic carbocycles. The van der Waals surface area contributed by atoms with E-state index in [-0.39, 0.29) is 29.8 Å². The van der Waals surface area contributed by atoms with Crippen LogP contribution in [0, 0.1) is 22.7 Å². The van der Waals surface area contributed by atoms with Crippen LogP contribution in [0.15, 0.2) is 30.3 Å². The summed E-state index contributed by atoms with van der Waals surface area (Å²) in [5.41, 5.74) is 1.24. The van der Waals surface area contributed by atoms with Gasteiger partial charge in [0.15, 0.2) is 5.13 Å². The van der Waals surface area contributed by atoms with Gasteiger partial charge >= 0.3 is 0 Å². The molecule has 35 heavy (non-hydrogen) atoms. The first-order valence-electron chi connectivity index (χ1n) is 13.1. The molecule has 1 saturated heterocycles. The molecule has 1 aliphatic heterocycles. The minimum atomic E-state index is -0.594. The second kappa shape index (κ2) is 9.49. The fraction of sp³-hybridized carbons (Fsp3) is 0.643. The number of hydrogen-bond donors (Lipinski definition) is 3. The summed E-state index contributed by atoms with van der Waals surface area (Å²) in [4.78, 5) is 21.9. The van der Waals surface area contributed by atoms with E-state index in [1.807, 2.05) is 42.2 Å². The summed E-state index contributed by atoms with van der Waals surface area (Å²) < 4.78 is 0. The number of rotatable bonds is 5. The number of hydrogen-bond acceptors (Lipinski definition) is 6. The average Bonchev–Trinajstić information content (AvgIpc) is 3.26. The van der Waals surface area contributed by atoms with Crippen LogP contribution < -0.4 is 5.32 Å². The van der Waals surface area contributed by atoms with Gasteiger partial charge < -0.3 is 20.4 Å². The summed E-state index contributed by atoms with van der Waals surface area (Å²) in [7, 11) is 0. The third-order valence-electron chi connectivity index (χ3n) is 9.43. The molecule has 2 aliphatic carbocycles. The summed E-state index contributed by atoms with van der Waals surface area (Å²) in [6.07, 6.45) is 4.30. The number of carbonyl (C=O) groups is 1. The van der Waals surface area contributed by atoms with Crippen molar-refractivity contribution < 1.29 is 15.0 Å². The van der Waals surface area contributed by atoms with Crippen molar-refractivity contribution in [1.82, 2.24) is 9.88 Å². The van der Waals surface area contributed by atoms with E-state index in [9.17, 15) is 15.0 Å². The Kier molecular flexibility index (Phi) is 6.70. The van der Waals surface area contributed by atoms with Crippen LogP contribution in [0.2, 0.25) is 0 Å². The Labute approximate surface area is 212 Å². The van der Waals surface area contributed by atoms with E-state index < -0.39 is 11.5 Å². The molecule has 5 atom stereocenters. The van der Waals surface area contributed by atoms with Gasteiger partial charge in [0, 0.05) is 41.4 Å². The van der Waals surface area contributed by atoms with Gasteiger partial charge in [-0.15, -0.1) is 11.3 Å². The first-order chi connectivity index (χ1) is 16.7. The predicted molar refractivity (Wildman–Crippen MR) is 140 cm³/mol. The predicted octanol–water partition coefficient (Wildman–Crippen LogP) is 4.95. The van der Waals surface area contributed by atoms with Crippen LogP contribution in [0.25, 0.3) is 0 Å². The summed E-state index contributed by atoms with van der Waals surface area (Å²) in [6, 6.07) is 10.0. The van der Waals surface area contributed by atoms with Gasteiger partial charge in [-0.3, -0.25) is 4.79 Å². The molecule has 3 aliphatic rings. The lowest BCUT2D eigenvalue weighted by Crippen LogP contribution is -2.57. The Hall–Kier alpha value is -1.96. The van der Waals surface area contributed by atoms with Crippen LogP contribution in [-0.2, 0) is 11.2 Å². The summed E-state index contributed by atoms with van der Waals surface area (Å²) in [5.74, 6) is 0.958. The second-order valence-electron chi connectivity index (χ2n) is 11.6. The van der Waals surface area contributed by atoms with E-state index in [0.29, 0.717) is 18.8 Å². The van der Waals surface area contributed by atoms with Crippen LogP contribution in [0.4, 0.5) is 10.8 Å². The third-order valence-corrected chi connectivity index (χ3v) is 10.4. The van der Waals surface area contributed by atoms with E-state index in [1.54, 1.807) is 11.3 Å². The smallest absolute Gasteiger partial charge is 0.223 e. The molecule has 3 N–H and O–H groups in total. The van der Waals surface area contributed by atoms with Crippen LogP contribution in [-0.4, -0.2) is 51.8 Å². The normalized spacial score (nSPS) is 33.2. The molecule has 0 spiro atoms. The number of likely N-dealkylation sites (tertiary alicyclic amines) is 1. The first-order valence-corrected chi connectivity index (χ1v) is 13.9. The summed E-state index contributed by atoms with van der Waals surface area (Å²) in [6.45, 7) is 8.19. The maximum Gasteiger partial charge on any atom is 0.223 e. The SMILES string of the molecule is CC1CCN(C(=O)CC2c3nc(Nc4ccccc4)sc3CC3C(C)(CO)C(O)CCC23C)CC1. The van der Waals surface area contributed by atoms with Crippen molar-refractivity contribution in [3.63, 3.8) is 0 Å². The Morgan fingerprint density at radius 1 is 1.20 bits per heavy atom. The van der Waals surface area contributed by atoms with Gasteiger partial charge in [-0.05, 0) is 61.5 Å². The van der Waals surface area contributed by atoms with Crippen LogP contribution in [0.5, 0.6) is 0 Å². The molecular formula is C28H39N3O3S. The van der Waals surface area contributed by atoms with E-state index in [2.05, 4.69) is 19.2 Å². The van der Waals surface area contributed by atoms with Crippen LogP contribution in [0.1, 0.15) is 69.4 Å². The van der Waals surface area contributed by atoms with Crippen molar-refractivity contribution in [2.24, 2.45) is 22.7 Å². The van der Waals surface area contributed by atoms with Crippen molar-refractivity contribution in [3.8, 4) is 0 Å². The molecule has 1 saturated carbocycles. The minimum absolute atomic E-state index is 0.0240. The number of aromatic nitrogens is 1. The maximum absolute atomic E-state index is 13.6.